The number of carbonyl (C=O) groups excluding carboxylic acids is 1. The summed E-state index contributed by atoms with van der Waals surface area (Å²) in [7, 11) is 0. The molecular formula is C18H27F3N4O2S. The number of hydrogen-bond acceptors (Lipinski definition) is 6. The molecule has 4 N–H and O–H groups in total. The van der Waals surface area contributed by atoms with Crippen molar-refractivity contribution in [2.75, 3.05) is 6.54 Å². The van der Waals surface area contributed by atoms with Gasteiger partial charge in [0.15, 0.2) is 5.88 Å². The van der Waals surface area contributed by atoms with Crippen LogP contribution < -0.4 is 10.6 Å². The molecule has 1 heterocycles. The molecule has 0 aromatic carbocycles. The second kappa shape index (κ2) is 9.04. The number of carbonyl (C=O) groups is 1. The number of thiazole rings is 1. The SMILES string of the molecule is Cc1ncc(C(C)(C)C(=N)/C=C(\O)NC(=O)C(C)(C)NCCCC(F)(F)F)s1. The lowest BCUT2D eigenvalue weighted by Gasteiger charge is -2.26. The predicted molar refractivity (Wildman–Crippen MR) is 104 cm³/mol. The van der Waals surface area contributed by atoms with E-state index in [9.17, 15) is 23.1 Å². The van der Waals surface area contributed by atoms with Gasteiger partial charge in [-0.05, 0) is 47.6 Å². The fourth-order valence-corrected chi connectivity index (χ4v) is 3.07. The number of aromatic nitrogens is 1. The lowest BCUT2D eigenvalue weighted by atomic mass is 9.86. The molecule has 1 aromatic heterocycles. The van der Waals surface area contributed by atoms with Crippen molar-refractivity contribution in [2.45, 2.75) is 64.6 Å². The van der Waals surface area contributed by atoms with Crippen LogP contribution in [0.1, 0.15) is 50.4 Å². The van der Waals surface area contributed by atoms with Crippen LogP contribution in [0, 0.1) is 12.3 Å². The highest BCUT2D eigenvalue weighted by atomic mass is 32.1. The fraction of sp³-hybridized carbons (Fsp3) is 0.611. The summed E-state index contributed by atoms with van der Waals surface area (Å²) < 4.78 is 36.5. The quantitative estimate of drug-likeness (QED) is 0.276. The molecule has 0 aliphatic carbocycles. The van der Waals surface area contributed by atoms with E-state index in [0.29, 0.717) is 0 Å². The maximum absolute atomic E-state index is 12.3. The average molecular weight is 421 g/mol. The Balaban J connectivity index is 2.67. The molecule has 0 fully saturated rings. The van der Waals surface area contributed by atoms with Gasteiger partial charge in [-0.25, -0.2) is 4.98 Å². The van der Waals surface area contributed by atoms with Gasteiger partial charge in [0.05, 0.1) is 10.5 Å². The number of halogens is 3. The van der Waals surface area contributed by atoms with E-state index in [0.717, 1.165) is 16.0 Å². The van der Waals surface area contributed by atoms with Crippen molar-refractivity contribution in [2.24, 2.45) is 0 Å². The summed E-state index contributed by atoms with van der Waals surface area (Å²) >= 11 is 1.44. The van der Waals surface area contributed by atoms with E-state index in [4.69, 9.17) is 5.41 Å². The van der Waals surface area contributed by atoms with Gasteiger partial charge in [-0.1, -0.05) is 0 Å². The van der Waals surface area contributed by atoms with Crippen LogP contribution in [-0.2, 0) is 10.2 Å². The fourth-order valence-electron chi connectivity index (χ4n) is 2.18. The van der Waals surface area contributed by atoms with E-state index < -0.39 is 35.3 Å². The van der Waals surface area contributed by atoms with Crippen LogP contribution in [-0.4, -0.2) is 40.0 Å². The maximum Gasteiger partial charge on any atom is 0.389 e. The second-order valence-electron chi connectivity index (χ2n) is 7.54. The van der Waals surface area contributed by atoms with Gasteiger partial charge in [0, 0.05) is 34.7 Å². The van der Waals surface area contributed by atoms with Crippen LogP contribution in [0.5, 0.6) is 0 Å². The summed E-state index contributed by atoms with van der Waals surface area (Å²) in [6.45, 7) is 8.46. The first-order chi connectivity index (χ1) is 12.6. The van der Waals surface area contributed by atoms with Gasteiger partial charge < -0.3 is 15.8 Å². The lowest BCUT2D eigenvalue weighted by molar-refractivity contribution is -0.135. The van der Waals surface area contributed by atoms with Gasteiger partial charge in [0.25, 0.3) is 0 Å². The van der Waals surface area contributed by atoms with Crippen LogP contribution in [0.25, 0.3) is 0 Å². The largest absolute Gasteiger partial charge is 0.494 e. The minimum Gasteiger partial charge on any atom is -0.494 e. The van der Waals surface area contributed by atoms with E-state index in [1.54, 1.807) is 20.0 Å². The number of nitrogens with one attached hydrogen (secondary N) is 3. The Morgan fingerprint density at radius 3 is 2.43 bits per heavy atom. The molecule has 28 heavy (non-hydrogen) atoms. The molecule has 158 valence electrons. The van der Waals surface area contributed by atoms with Gasteiger partial charge in [0.2, 0.25) is 5.91 Å². The summed E-state index contributed by atoms with van der Waals surface area (Å²) in [6.07, 6.45) is -2.52. The minimum absolute atomic E-state index is 0.00200. The van der Waals surface area contributed by atoms with Crippen LogP contribution in [0.15, 0.2) is 18.2 Å². The zero-order valence-electron chi connectivity index (χ0n) is 16.6. The van der Waals surface area contributed by atoms with Crippen molar-refractivity contribution < 1.29 is 23.1 Å². The maximum atomic E-state index is 12.3. The standard InChI is InChI=1S/C18H27F3N4O2S/c1-11-23-10-13(28-11)16(2,3)12(22)9-14(26)25-15(27)17(4,5)24-8-6-7-18(19,20)21/h9-10,22,24,26H,6-8H2,1-5H3,(H,25,27)/b14-9-,22-12?. The third kappa shape index (κ3) is 7.23. The lowest BCUT2D eigenvalue weighted by Crippen LogP contribution is -2.52. The number of rotatable bonds is 9. The minimum atomic E-state index is -4.24. The predicted octanol–water partition coefficient (Wildman–Crippen LogP) is 3.98. The summed E-state index contributed by atoms with van der Waals surface area (Å²) in [5.41, 5.74) is -1.83. The van der Waals surface area contributed by atoms with E-state index in [2.05, 4.69) is 15.6 Å². The summed E-state index contributed by atoms with van der Waals surface area (Å²) in [6, 6.07) is 0. The molecule has 0 spiro atoms. The molecular weight excluding hydrogens is 393 g/mol. The summed E-state index contributed by atoms with van der Waals surface area (Å²) in [5.74, 6) is -1.12. The Morgan fingerprint density at radius 2 is 1.93 bits per heavy atom. The Hall–Kier alpha value is -1.94. The Morgan fingerprint density at radius 1 is 1.32 bits per heavy atom. The number of amides is 1. The molecule has 0 bridgehead atoms. The number of allylic oxidation sites excluding steroid dienone is 1. The zero-order valence-corrected chi connectivity index (χ0v) is 17.4. The normalized spacial score (nSPS) is 13.5. The third-order valence-corrected chi connectivity index (χ3v) is 5.44. The highest BCUT2D eigenvalue weighted by Crippen LogP contribution is 2.30. The van der Waals surface area contributed by atoms with Crippen molar-refractivity contribution in [3.63, 3.8) is 0 Å². The molecule has 1 rings (SSSR count). The molecule has 1 amide bonds. The Labute approximate surface area is 166 Å². The monoisotopic (exact) mass is 420 g/mol. The first kappa shape index (κ1) is 24.1. The highest BCUT2D eigenvalue weighted by Gasteiger charge is 2.31. The van der Waals surface area contributed by atoms with Crippen LogP contribution >= 0.6 is 11.3 Å². The topological polar surface area (TPSA) is 98.1 Å². The van der Waals surface area contributed by atoms with Gasteiger partial charge in [-0.3, -0.25) is 10.1 Å². The van der Waals surface area contributed by atoms with Crippen molar-refractivity contribution >= 4 is 23.0 Å². The highest BCUT2D eigenvalue weighted by molar-refractivity contribution is 7.11. The first-order valence-corrected chi connectivity index (χ1v) is 9.52. The number of aryl methyl sites for hydroxylation is 1. The van der Waals surface area contributed by atoms with Gasteiger partial charge in [-0.15, -0.1) is 11.3 Å². The molecule has 0 atom stereocenters. The summed E-state index contributed by atoms with van der Waals surface area (Å²) in [5, 5.41) is 24.2. The van der Waals surface area contributed by atoms with Gasteiger partial charge in [-0.2, -0.15) is 13.2 Å². The average Bonchev–Trinajstić information content (AvgIpc) is 2.97. The number of hydrogen-bond donors (Lipinski definition) is 4. The van der Waals surface area contributed by atoms with Crippen LogP contribution in [0.2, 0.25) is 0 Å². The summed E-state index contributed by atoms with van der Waals surface area (Å²) in [4.78, 5) is 17.3. The molecule has 0 aliphatic heterocycles. The molecule has 0 unspecified atom stereocenters. The molecule has 0 radical (unpaired) electrons. The van der Waals surface area contributed by atoms with E-state index in [1.165, 1.54) is 25.2 Å². The van der Waals surface area contributed by atoms with E-state index >= 15 is 0 Å². The molecule has 1 aromatic rings. The molecule has 0 aliphatic rings. The third-order valence-electron chi connectivity index (χ3n) is 4.20. The van der Waals surface area contributed by atoms with E-state index in [-0.39, 0.29) is 18.7 Å². The van der Waals surface area contributed by atoms with Crippen molar-refractivity contribution in [3.8, 4) is 0 Å². The van der Waals surface area contributed by atoms with Crippen LogP contribution in [0.4, 0.5) is 13.2 Å². The van der Waals surface area contributed by atoms with E-state index in [1.807, 2.05) is 6.92 Å². The first-order valence-electron chi connectivity index (χ1n) is 8.71. The Kier molecular flexibility index (Phi) is 7.78. The molecule has 10 heteroatoms. The Bertz CT molecular complexity index is 739. The number of nitrogens with zero attached hydrogens (tertiary/aromatic N) is 1. The van der Waals surface area contributed by atoms with Gasteiger partial charge >= 0.3 is 6.18 Å². The van der Waals surface area contributed by atoms with Gasteiger partial charge in [0.1, 0.15) is 0 Å². The molecule has 6 nitrogen and oxygen atoms in total. The van der Waals surface area contributed by atoms with Crippen molar-refractivity contribution in [1.82, 2.24) is 15.6 Å². The molecule has 0 saturated heterocycles. The smallest absolute Gasteiger partial charge is 0.389 e. The van der Waals surface area contributed by atoms with Crippen molar-refractivity contribution in [3.05, 3.63) is 28.0 Å². The molecule has 0 saturated carbocycles. The van der Waals surface area contributed by atoms with Crippen molar-refractivity contribution in [1.29, 1.82) is 5.41 Å². The van der Waals surface area contributed by atoms with Crippen LogP contribution in [0.3, 0.4) is 0 Å². The number of aliphatic hydroxyl groups is 1. The zero-order chi connectivity index (χ0) is 21.8. The number of aliphatic hydroxyl groups excluding tert-OH is 1. The number of alkyl halides is 3. The second-order valence-corrected chi connectivity index (χ2v) is 8.77.